The van der Waals surface area contributed by atoms with Crippen molar-refractivity contribution in [2.24, 2.45) is 0 Å². The summed E-state index contributed by atoms with van der Waals surface area (Å²) in [7, 11) is 6.81. The van der Waals surface area contributed by atoms with E-state index in [1.54, 1.807) is 0 Å². The normalized spacial score (nSPS) is 11.2. The zero-order chi connectivity index (χ0) is 13.9. The largest absolute Gasteiger partial charge is 0.461 e. The van der Waals surface area contributed by atoms with Gasteiger partial charge in [0.15, 0.2) is 0 Å². The van der Waals surface area contributed by atoms with Crippen LogP contribution in [0.25, 0.3) is 0 Å². The summed E-state index contributed by atoms with van der Waals surface area (Å²) in [5.41, 5.74) is 5.86. The number of anilines is 1. The molecule has 4 radical (unpaired) electrons. The average Bonchev–Trinajstić information content (AvgIpc) is 2.21. The average molecular weight is 265 g/mol. The Morgan fingerprint density at radius 2 is 2.00 bits per heavy atom. The molecule has 0 aliphatic heterocycles. The SMILES string of the molecule is [B]c1cc([B])c(N)c(C(=O)OCCS(=O)(=O)O)c1. The van der Waals surface area contributed by atoms with Gasteiger partial charge in [0, 0.05) is 5.69 Å². The van der Waals surface area contributed by atoms with Crippen molar-refractivity contribution in [3.05, 3.63) is 17.7 Å². The van der Waals surface area contributed by atoms with Crippen molar-refractivity contribution in [3.8, 4) is 0 Å². The lowest BCUT2D eigenvalue weighted by atomic mass is 9.84. The summed E-state index contributed by atoms with van der Waals surface area (Å²) in [6.07, 6.45) is 0. The standard InChI is InChI=1S/C9H9B2NO5S/c10-5-3-6(8(12)7(11)4-5)9(13)17-1-2-18(14,15)16/h3-4H,1-2,12H2,(H,14,15,16). The fourth-order valence-corrected chi connectivity index (χ4v) is 1.48. The molecule has 0 fully saturated rings. The molecule has 0 aliphatic rings. The lowest BCUT2D eigenvalue weighted by Gasteiger charge is -2.10. The molecule has 0 bridgehead atoms. The van der Waals surface area contributed by atoms with Gasteiger partial charge >= 0.3 is 5.97 Å². The molecule has 0 unspecified atom stereocenters. The fraction of sp³-hybridized carbons (Fsp3) is 0.222. The van der Waals surface area contributed by atoms with Crippen LogP contribution in [0.3, 0.4) is 0 Å². The van der Waals surface area contributed by atoms with E-state index in [1.807, 2.05) is 0 Å². The first-order valence-corrected chi connectivity index (χ1v) is 6.38. The van der Waals surface area contributed by atoms with E-state index in [9.17, 15) is 13.2 Å². The van der Waals surface area contributed by atoms with Gasteiger partial charge in [-0.25, -0.2) is 4.79 Å². The van der Waals surface area contributed by atoms with E-state index >= 15 is 0 Å². The van der Waals surface area contributed by atoms with Gasteiger partial charge in [0.25, 0.3) is 10.1 Å². The maximum Gasteiger partial charge on any atom is 0.340 e. The Hall–Kier alpha value is -1.47. The predicted molar refractivity (Wildman–Crippen MR) is 68.3 cm³/mol. The van der Waals surface area contributed by atoms with Gasteiger partial charge in [-0.2, -0.15) is 8.42 Å². The summed E-state index contributed by atoms with van der Waals surface area (Å²) in [6, 6.07) is 2.64. The summed E-state index contributed by atoms with van der Waals surface area (Å²) in [4.78, 5) is 11.6. The quantitative estimate of drug-likeness (QED) is 0.279. The van der Waals surface area contributed by atoms with Crippen LogP contribution in [0.5, 0.6) is 0 Å². The number of benzene rings is 1. The smallest absolute Gasteiger partial charge is 0.340 e. The van der Waals surface area contributed by atoms with Crippen LogP contribution < -0.4 is 16.7 Å². The molecule has 0 aromatic heterocycles. The van der Waals surface area contributed by atoms with Crippen molar-refractivity contribution in [2.75, 3.05) is 18.1 Å². The molecule has 18 heavy (non-hydrogen) atoms. The number of nitrogen functional groups attached to an aromatic ring is 1. The van der Waals surface area contributed by atoms with Crippen LogP contribution in [0.2, 0.25) is 0 Å². The maximum atomic E-state index is 11.6. The van der Waals surface area contributed by atoms with E-state index in [0.717, 1.165) is 0 Å². The monoisotopic (exact) mass is 265 g/mol. The number of carbonyl (C=O) groups excluding carboxylic acids is 1. The van der Waals surface area contributed by atoms with E-state index in [4.69, 9.17) is 26.0 Å². The minimum atomic E-state index is -4.19. The van der Waals surface area contributed by atoms with Crippen LogP contribution in [-0.2, 0) is 14.9 Å². The van der Waals surface area contributed by atoms with Crippen molar-refractivity contribution in [1.82, 2.24) is 0 Å². The Bertz CT molecular complexity index is 573. The second kappa shape index (κ2) is 5.45. The number of nitrogens with two attached hydrogens (primary N) is 1. The number of hydrogen-bond acceptors (Lipinski definition) is 5. The van der Waals surface area contributed by atoms with Crippen molar-refractivity contribution in [3.63, 3.8) is 0 Å². The van der Waals surface area contributed by atoms with Crippen LogP contribution in [0, 0.1) is 0 Å². The third kappa shape index (κ3) is 4.08. The topological polar surface area (TPSA) is 107 Å². The van der Waals surface area contributed by atoms with Gasteiger partial charge in [-0.15, -0.1) is 0 Å². The third-order valence-corrected chi connectivity index (χ3v) is 2.71. The molecule has 9 heteroatoms. The number of esters is 1. The van der Waals surface area contributed by atoms with Gasteiger partial charge in [-0.1, -0.05) is 23.1 Å². The Labute approximate surface area is 107 Å². The molecule has 1 aromatic carbocycles. The molecule has 0 atom stereocenters. The molecule has 0 saturated heterocycles. The van der Waals surface area contributed by atoms with Crippen molar-refractivity contribution < 1.29 is 22.5 Å². The minimum absolute atomic E-state index is 0.000977. The Morgan fingerprint density at radius 3 is 2.56 bits per heavy atom. The molecule has 6 nitrogen and oxygen atoms in total. The van der Waals surface area contributed by atoms with Gasteiger partial charge < -0.3 is 10.5 Å². The van der Waals surface area contributed by atoms with Gasteiger partial charge in [0.2, 0.25) is 0 Å². The molecule has 0 aliphatic carbocycles. The second-order valence-electron chi connectivity index (χ2n) is 3.49. The van der Waals surface area contributed by atoms with Gasteiger partial charge in [-0.05, 0) is 0 Å². The lowest BCUT2D eigenvalue weighted by molar-refractivity contribution is 0.0529. The minimum Gasteiger partial charge on any atom is -0.461 e. The van der Waals surface area contributed by atoms with E-state index in [2.05, 4.69) is 4.74 Å². The van der Waals surface area contributed by atoms with Gasteiger partial charge in [0.1, 0.15) is 28.1 Å². The summed E-state index contributed by atoms with van der Waals surface area (Å²) >= 11 is 0. The first kappa shape index (κ1) is 14.6. The molecule has 92 valence electrons. The molecular formula is C9H9B2NO5S. The Morgan fingerprint density at radius 1 is 1.39 bits per heavy atom. The first-order valence-electron chi connectivity index (χ1n) is 4.77. The molecule has 3 N–H and O–H groups in total. The van der Waals surface area contributed by atoms with Gasteiger partial charge in [0.05, 0.1) is 5.56 Å². The lowest BCUT2D eigenvalue weighted by Crippen LogP contribution is -2.24. The van der Waals surface area contributed by atoms with Crippen molar-refractivity contribution in [1.29, 1.82) is 0 Å². The van der Waals surface area contributed by atoms with E-state index in [0.29, 0.717) is 0 Å². The molecule has 1 rings (SSSR count). The summed E-state index contributed by atoms with van der Waals surface area (Å²) < 4.78 is 33.9. The number of rotatable bonds is 4. The van der Waals surface area contributed by atoms with E-state index < -0.39 is 28.4 Å². The molecule has 0 saturated carbocycles. The second-order valence-corrected chi connectivity index (χ2v) is 5.07. The highest BCUT2D eigenvalue weighted by atomic mass is 32.2. The number of hydrogen-bond donors (Lipinski definition) is 2. The van der Waals surface area contributed by atoms with Crippen molar-refractivity contribution >= 4 is 48.4 Å². The zero-order valence-electron chi connectivity index (χ0n) is 9.29. The molecular weight excluding hydrogens is 256 g/mol. The predicted octanol–water partition coefficient (Wildman–Crippen LogP) is -2.10. The molecule has 0 heterocycles. The Kier molecular flexibility index (Phi) is 4.42. The van der Waals surface area contributed by atoms with Crippen LogP contribution >= 0.6 is 0 Å². The molecule has 0 amide bonds. The maximum absolute atomic E-state index is 11.6. The fourth-order valence-electron chi connectivity index (χ4n) is 1.19. The molecule has 0 spiro atoms. The summed E-state index contributed by atoms with van der Waals surface area (Å²) in [5.74, 6) is -1.56. The Balaban J connectivity index is 2.79. The van der Waals surface area contributed by atoms with Crippen LogP contribution in [0.1, 0.15) is 10.4 Å². The highest BCUT2D eigenvalue weighted by molar-refractivity contribution is 7.85. The van der Waals surface area contributed by atoms with E-state index in [1.165, 1.54) is 12.1 Å². The summed E-state index contributed by atoms with van der Waals surface area (Å²) in [5, 5.41) is 0. The number of carbonyl (C=O) groups is 1. The number of ether oxygens (including phenoxy) is 1. The highest BCUT2D eigenvalue weighted by Gasteiger charge is 2.14. The van der Waals surface area contributed by atoms with Gasteiger partial charge in [-0.3, -0.25) is 4.55 Å². The summed E-state index contributed by atoms with van der Waals surface area (Å²) in [6.45, 7) is -0.494. The van der Waals surface area contributed by atoms with Crippen LogP contribution in [0.4, 0.5) is 5.69 Å². The van der Waals surface area contributed by atoms with Crippen LogP contribution in [-0.4, -0.2) is 47.0 Å². The molecule has 1 aromatic rings. The van der Waals surface area contributed by atoms with E-state index in [-0.39, 0.29) is 22.2 Å². The van der Waals surface area contributed by atoms with Crippen LogP contribution in [0.15, 0.2) is 12.1 Å². The third-order valence-electron chi connectivity index (χ3n) is 2.03. The highest BCUT2D eigenvalue weighted by Crippen LogP contribution is 2.08. The first-order chi connectivity index (χ1) is 8.20. The zero-order valence-corrected chi connectivity index (χ0v) is 10.1. The van der Waals surface area contributed by atoms with Crippen molar-refractivity contribution in [2.45, 2.75) is 0 Å².